The van der Waals surface area contributed by atoms with E-state index in [2.05, 4.69) is 27.4 Å². The van der Waals surface area contributed by atoms with Crippen molar-refractivity contribution in [3.8, 4) is 16.9 Å². The number of aromatic nitrogens is 2. The van der Waals surface area contributed by atoms with Crippen LogP contribution in [0.4, 0.5) is 5.13 Å². The summed E-state index contributed by atoms with van der Waals surface area (Å²) in [5, 5.41) is 3.54. The number of aryl methyl sites for hydroxylation is 1. The molecule has 0 bridgehead atoms. The molecule has 3 heterocycles. The number of ether oxygens (including phenoxy) is 2. The quantitative estimate of drug-likeness (QED) is 0.403. The molecule has 2 aromatic heterocycles. The van der Waals surface area contributed by atoms with Crippen LogP contribution >= 0.6 is 11.3 Å². The van der Waals surface area contributed by atoms with Crippen molar-refractivity contribution in [3.05, 3.63) is 71.5 Å². The Hall–Kier alpha value is -3.29. The molecule has 0 aliphatic carbocycles. The zero-order chi connectivity index (χ0) is 22.8. The molecule has 6 nitrogen and oxygen atoms in total. The van der Waals surface area contributed by atoms with Gasteiger partial charge in [0.15, 0.2) is 5.13 Å². The van der Waals surface area contributed by atoms with Gasteiger partial charge < -0.3 is 9.47 Å². The van der Waals surface area contributed by atoms with Gasteiger partial charge in [-0.2, -0.15) is 0 Å². The molecule has 1 atom stereocenters. The van der Waals surface area contributed by atoms with Gasteiger partial charge in [0, 0.05) is 29.6 Å². The molecule has 4 aromatic rings. The van der Waals surface area contributed by atoms with Crippen LogP contribution < -0.4 is 10.1 Å². The average molecular weight is 460 g/mol. The number of methoxy groups -OCH3 is 1. The van der Waals surface area contributed by atoms with Crippen LogP contribution in [0.2, 0.25) is 0 Å². The number of amides is 1. The number of hydrogen-bond donors (Lipinski definition) is 1. The fraction of sp³-hybridized carbons (Fsp3) is 0.269. The van der Waals surface area contributed by atoms with Crippen molar-refractivity contribution in [2.75, 3.05) is 19.0 Å². The lowest BCUT2D eigenvalue weighted by atomic mass is 9.99. The van der Waals surface area contributed by atoms with E-state index in [4.69, 9.17) is 9.47 Å². The van der Waals surface area contributed by atoms with Gasteiger partial charge in [-0.3, -0.25) is 15.1 Å². The minimum absolute atomic E-state index is 0.248. The Labute approximate surface area is 196 Å². The molecule has 1 aliphatic heterocycles. The Bertz CT molecular complexity index is 1310. The normalized spacial score (nSPS) is 15.6. The molecule has 1 aliphatic rings. The first-order chi connectivity index (χ1) is 16.1. The second kappa shape index (κ2) is 9.29. The van der Waals surface area contributed by atoms with E-state index < -0.39 is 0 Å². The Kier molecular flexibility index (Phi) is 6.07. The first kappa shape index (κ1) is 21.6. The molecule has 2 aromatic carbocycles. The predicted octanol–water partition coefficient (Wildman–Crippen LogP) is 5.65. The summed E-state index contributed by atoms with van der Waals surface area (Å²) in [5.41, 5.74) is 5.03. The fourth-order valence-corrected chi connectivity index (χ4v) is 5.14. The summed E-state index contributed by atoms with van der Waals surface area (Å²) in [7, 11) is 1.63. The molecule has 0 saturated carbocycles. The third kappa shape index (κ3) is 4.60. The zero-order valence-corrected chi connectivity index (χ0v) is 19.4. The van der Waals surface area contributed by atoms with Crippen molar-refractivity contribution in [1.29, 1.82) is 0 Å². The summed E-state index contributed by atoms with van der Waals surface area (Å²) in [6.45, 7) is 2.76. The molecule has 1 fully saturated rings. The molecule has 1 amide bonds. The second-order valence-electron chi connectivity index (χ2n) is 8.19. The Balaban J connectivity index is 1.41. The topological polar surface area (TPSA) is 73.3 Å². The number of fused-ring (bicyclic) bond motifs is 1. The molecule has 1 N–H and O–H groups in total. The van der Waals surface area contributed by atoms with Crippen LogP contribution in [0.5, 0.6) is 5.75 Å². The first-order valence-electron chi connectivity index (χ1n) is 11.0. The van der Waals surface area contributed by atoms with Gasteiger partial charge in [-0.25, -0.2) is 4.98 Å². The molecule has 168 valence electrons. The number of para-hydroxylation sites is 1. The van der Waals surface area contributed by atoms with E-state index in [9.17, 15) is 4.79 Å². The van der Waals surface area contributed by atoms with Gasteiger partial charge in [0.05, 0.1) is 29.0 Å². The van der Waals surface area contributed by atoms with Crippen molar-refractivity contribution in [1.82, 2.24) is 9.97 Å². The summed E-state index contributed by atoms with van der Waals surface area (Å²) in [5.74, 6) is 0.456. The number of rotatable bonds is 6. The lowest BCUT2D eigenvalue weighted by molar-refractivity contribution is 0.102. The van der Waals surface area contributed by atoms with Crippen molar-refractivity contribution < 1.29 is 14.3 Å². The maximum atomic E-state index is 13.3. The second-order valence-corrected chi connectivity index (χ2v) is 9.22. The van der Waals surface area contributed by atoms with Gasteiger partial charge in [0.2, 0.25) is 0 Å². The highest BCUT2D eigenvalue weighted by Gasteiger charge is 2.19. The van der Waals surface area contributed by atoms with Gasteiger partial charge in [0.25, 0.3) is 5.91 Å². The van der Waals surface area contributed by atoms with E-state index >= 15 is 0 Å². The smallest absolute Gasteiger partial charge is 0.259 e. The minimum atomic E-state index is -0.248. The first-order valence-corrected chi connectivity index (χ1v) is 11.8. The van der Waals surface area contributed by atoms with Crippen LogP contribution in [0.3, 0.4) is 0 Å². The van der Waals surface area contributed by atoms with E-state index in [1.165, 1.54) is 16.9 Å². The number of carbonyl (C=O) groups is 1. The summed E-state index contributed by atoms with van der Waals surface area (Å²) in [4.78, 5) is 22.2. The van der Waals surface area contributed by atoms with E-state index in [1.54, 1.807) is 13.3 Å². The predicted molar refractivity (Wildman–Crippen MR) is 131 cm³/mol. The Morgan fingerprint density at radius 3 is 2.91 bits per heavy atom. The fourth-order valence-electron chi connectivity index (χ4n) is 4.21. The maximum absolute atomic E-state index is 13.3. The van der Waals surface area contributed by atoms with Crippen molar-refractivity contribution >= 4 is 32.6 Å². The van der Waals surface area contributed by atoms with Gasteiger partial charge >= 0.3 is 0 Å². The summed E-state index contributed by atoms with van der Waals surface area (Å²) in [6, 6.07) is 15.8. The lowest BCUT2D eigenvalue weighted by Gasteiger charge is -2.13. The third-order valence-electron chi connectivity index (χ3n) is 5.84. The van der Waals surface area contributed by atoms with E-state index in [0.29, 0.717) is 22.5 Å². The number of hydrogen-bond acceptors (Lipinski definition) is 6. The van der Waals surface area contributed by atoms with Crippen LogP contribution in [0, 0.1) is 6.92 Å². The highest BCUT2D eigenvalue weighted by molar-refractivity contribution is 7.22. The molecule has 0 radical (unpaired) electrons. The van der Waals surface area contributed by atoms with Gasteiger partial charge in [-0.05, 0) is 56.0 Å². The maximum Gasteiger partial charge on any atom is 0.259 e. The van der Waals surface area contributed by atoms with Crippen molar-refractivity contribution in [3.63, 3.8) is 0 Å². The number of anilines is 1. The molecule has 33 heavy (non-hydrogen) atoms. The van der Waals surface area contributed by atoms with Crippen LogP contribution in [-0.2, 0) is 11.2 Å². The lowest BCUT2D eigenvalue weighted by Crippen LogP contribution is -2.14. The number of nitrogens with one attached hydrogen (secondary N) is 1. The van der Waals surface area contributed by atoms with Gasteiger partial charge in [0.1, 0.15) is 5.75 Å². The van der Waals surface area contributed by atoms with Crippen LogP contribution in [-0.4, -0.2) is 35.7 Å². The SMILES string of the molecule is COc1ccccc1-c1cc(C)ncc1C(=O)Nc1nc2ccc(CC3CCCO3)cc2s1. The van der Waals surface area contributed by atoms with Crippen molar-refractivity contribution in [2.45, 2.75) is 32.3 Å². The summed E-state index contributed by atoms with van der Waals surface area (Å²) >= 11 is 1.48. The summed E-state index contributed by atoms with van der Waals surface area (Å²) < 4.78 is 12.3. The van der Waals surface area contributed by atoms with Crippen LogP contribution in [0.25, 0.3) is 21.3 Å². The third-order valence-corrected chi connectivity index (χ3v) is 6.78. The number of pyridine rings is 1. The monoisotopic (exact) mass is 459 g/mol. The molecule has 5 rings (SSSR count). The highest BCUT2D eigenvalue weighted by Crippen LogP contribution is 2.34. The molecule has 0 spiro atoms. The molecule has 1 unspecified atom stereocenters. The molecular formula is C26H25N3O3S. The number of benzene rings is 2. The largest absolute Gasteiger partial charge is 0.496 e. The number of carbonyl (C=O) groups excluding carboxylic acids is 1. The highest BCUT2D eigenvalue weighted by atomic mass is 32.1. The van der Waals surface area contributed by atoms with Crippen molar-refractivity contribution in [2.24, 2.45) is 0 Å². The number of thiazole rings is 1. The zero-order valence-electron chi connectivity index (χ0n) is 18.6. The van der Waals surface area contributed by atoms with Crippen LogP contribution in [0.15, 0.2) is 54.7 Å². The molecular weight excluding hydrogens is 434 g/mol. The minimum Gasteiger partial charge on any atom is -0.496 e. The average Bonchev–Trinajstić information content (AvgIpc) is 3.48. The Morgan fingerprint density at radius 2 is 2.09 bits per heavy atom. The molecule has 7 heteroatoms. The van der Waals surface area contributed by atoms with E-state index in [1.807, 2.05) is 43.3 Å². The van der Waals surface area contributed by atoms with Crippen LogP contribution in [0.1, 0.15) is 34.5 Å². The van der Waals surface area contributed by atoms with Gasteiger partial charge in [-0.1, -0.05) is 35.6 Å². The van der Waals surface area contributed by atoms with E-state index in [-0.39, 0.29) is 5.91 Å². The standard InChI is InChI=1S/C26H25N3O3S/c1-16-12-20(19-7-3-4-8-23(19)31-2)21(15-27-16)25(30)29-26-28-22-10-9-17(14-24(22)33-26)13-18-6-5-11-32-18/h3-4,7-10,12,14-15,18H,5-6,11,13H2,1-2H3,(H,28,29,30). The molecule has 1 saturated heterocycles. The van der Waals surface area contributed by atoms with Gasteiger partial charge in [-0.15, -0.1) is 0 Å². The Morgan fingerprint density at radius 1 is 1.21 bits per heavy atom. The van der Waals surface area contributed by atoms with E-state index in [0.717, 1.165) is 52.9 Å². The number of nitrogens with zero attached hydrogens (tertiary/aromatic N) is 2. The summed E-state index contributed by atoms with van der Waals surface area (Å²) in [6.07, 6.45) is 5.07.